The van der Waals surface area contributed by atoms with Gasteiger partial charge in [0.15, 0.2) is 6.04 Å². The number of benzene rings is 1. The van der Waals surface area contributed by atoms with Crippen LogP contribution < -0.4 is 15.4 Å². The second kappa shape index (κ2) is 9.17. The zero-order valence-electron chi connectivity index (χ0n) is 17.0. The molecule has 27 heavy (non-hydrogen) atoms. The number of quaternary nitrogens is 1. The van der Waals surface area contributed by atoms with Crippen LogP contribution in [0.1, 0.15) is 53.9 Å². The molecule has 1 amide bonds. The van der Waals surface area contributed by atoms with Crippen molar-refractivity contribution in [2.45, 2.75) is 76.9 Å². The van der Waals surface area contributed by atoms with E-state index >= 15 is 0 Å². The van der Waals surface area contributed by atoms with Crippen LogP contribution in [0, 0.1) is 11.8 Å². The molecule has 1 fully saturated rings. The van der Waals surface area contributed by atoms with E-state index in [0.717, 1.165) is 6.42 Å². The molecule has 1 aromatic rings. The Balaban J connectivity index is 1.95. The summed E-state index contributed by atoms with van der Waals surface area (Å²) < 4.78 is 26.9. The van der Waals surface area contributed by atoms with E-state index in [2.05, 4.69) is 29.2 Å². The summed E-state index contributed by atoms with van der Waals surface area (Å²) in [5, 5.41) is 5.07. The molecule has 0 bridgehead atoms. The number of nitrogens with one attached hydrogen (secondary N) is 2. The van der Waals surface area contributed by atoms with Crippen molar-refractivity contribution in [2.75, 3.05) is 5.32 Å². The number of carbonyl (C=O) groups is 1. The molecule has 0 radical (unpaired) electrons. The van der Waals surface area contributed by atoms with E-state index < -0.39 is 10.0 Å². The first-order valence-electron chi connectivity index (χ1n) is 9.88. The van der Waals surface area contributed by atoms with Crippen LogP contribution in [0.5, 0.6) is 0 Å². The van der Waals surface area contributed by atoms with Gasteiger partial charge in [-0.05, 0) is 70.2 Å². The van der Waals surface area contributed by atoms with Crippen LogP contribution in [0.3, 0.4) is 0 Å². The highest BCUT2D eigenvalue weighted by molar-refractivity contribution is 7.89. The minimum absolute atomic E-state index is 0.0589. The molecule has 6 nitrogen and oxygen atoms in total. The zero-order valence-corrected chi connectivity index (χ0v) is 17.8. The molecule has 1 saturated carbocycles. The first kappa shape index (κ1) is 21.9. The fraction of sp³-hybridized carbons (Fsp3) is 0.650. The Morgan fingerprint density at radius 2 is 1.74 bits per heavy atom. The third-order valence-corrected chi connectivity index (χ3v) is 7.22. The van der Waals surface area contributed by atoms with E-state index in [4.69, 9.17) is 0 Å². The van der Waals surface area contributed by atoms with E-state index in [1.165, 1.54) is 25.0 Å². The molecule has 4 N–H and O–H groups in total. The van der Waals surface area contributed by atoms with Crippen LogP contribution in [0.25, 0.3) is 0 Å². The van der Waals surface area contributed by atoms with Gasteiger partial charge < -0.3 is 10.6 Å². The quantitative estimate of drug-likeness (QED) is 0.659. The van der Waals surface area contributed by atoms with E-state index in [9.17, 15) is 13.2 Å². The monoisotopic (exact) mass is 396 g/mol. The van der Waals surface area contributed by atoms with Gasteiger partial charge in [-0.1, -0.05) is 13.8 Å². The molecule has 152 valence electrons. The Hall–Kier alpha value is -1.44. The Kier molecular flexibility index (Phi) is 7.42. The number of sulfonamides is 1. The van der Waals surface area contributed by atoms with E-state index in [0.29, 0.717) is 23.6 Å². The van der Waals surface area contributed by atoms with Crippen molar-refractivity contribution in [3.8, 4) is 0 Å². The van der Waals surface area contributed by atoms with Crippen LogP contribution in [0.4, 0.5) is 5.69 Å². The standard InChI is InChI=1S/C20H33N3O3S/c1-13(2)23-27(25,26)18-11-9-17(10-12-18)22-20(24)16(5)21-19-8-6-7-14(3)15(19)4/h9-16,19,21,23H,6-8H2,1-5H3,(H,22,24)/p+1/t14-,15-,16+,19-/m1/s1. The van der Waals surface area contributed by atoms with Crippen LogP contribution in [-0.2, 0) is 14.8 Å². The summed E-state index contributed by atoms with van der Waals surface area (Å²) in [6.07, 6.45) is 3.65. The highest BCUT2D eigenvalue weighted by Crippen LogP contribution is 2.27. The maximum atomic E-state index is 12.5. The lowest BCUT2D eigenvalue weighted by Gasteiger charge is -2.33. The van der Waals surface area contributed by atoms with Gasteiger partial charge >= 0.3 is 0 Å². The molecule has 0 spiro atoms. The summed E-state index contributed by atoms with van der Waals surface area (Å²) in [7, 11) is -3.52. The van der Waals surface area contributed by atoms with Gasteiger partial charge in [0, 0.05) is 17.6 Å². The molecule has 0 aromatic heterocycles. The number of anilines is 1. The third kappa shape index (κ3) is 6.02. The molecule has 7 heteroatoms. The largest absolute Gasteiger partial charge is 0.334 e. The highest BCUT2D eigenvalue weighted by Gasteiger charge is 2.32. The highest BCUT2D eigenvalue weighted by atomic mass is 32.2. The molecule has 1 aliphatic carbocycles. The van der Waals surface area contributed by atoms with Crippen molar-refractivity contribution in [1.82, 2.24) is 4.72 Å². The fourth-order valence-corrected chi connectivity index (χ4v) is 4.96. The van der Waals surface area contributed by atoms with Gasteiger partial charge in [0.05, 0.1) is 10.9 Å². The van der Waals surface area contributed by atoms with Crippen LogP contribution in [0.15, 0.2) is 29.2 Å². The van der Waals surface area contributed by atoms with Gasteiger partial charge in [-0.3, -0.25) is 4.79 Å². The minimum atomic E-state index is -3.52. The molecular weight excluding hydrogens is 362 g/mol. The van der Waals surface area contributed by atoms with Crippen LogP contribution in [-0.4, -0.2) is 32.5 Å². The second-order valence-electron chi connectivity index (χ2n) is 8.20. The third-order valence-electron chi connectivity index (χ3n) is 5.54. The van der Waals surface area contributed by atoms with Crippen molar-refractivity contribution in [3.63, 3.8) is 0 Å². The van der Waals surface area contributed by atoms with Crippen molar-refractivity contribution in [1.29, 1.82) is 0 Å². The van der Waals surface area contributed by atoms with Gasteiger partial charge in [-0.15, -0.1) is 0 Å². The Bertz CT molecular complexity index is 731. The summed E-state index contributed by atoms with van der Waals surface area (Å²) in [6.45, 7) is 10.0. The lowest BCUT2D eigenvalue weighted by molar-refractivity contribution is -0.715. The van der Waals surface area contributed by atoms with E-state index in [1.807, 2.05) is 6.92 Å². The number of nitrogens with two attached hydrogens (primary N) is 1. The van der Waals surface area contributed by atoms with Crippen molar-refractivity contribution >= 4 is 21.6 Å². The van der Waals surface area contributed by atoms with Gasteiger partial charge in [0.25, 0.3) is 5.91 Å². The molecule has 0 saturated heterocycles. The number of hydrogen-bond donors (Lipinski definition) is 3. The lowest BCUT2D eigenvalue weighted by atomic mass is 9.78. The van der Waals surface area contributed by atoms with Gasteiger partial charge in [-0.25, -0.2) is 13.1 Å². The summed E-state index contributed by atoms with van der Waals surface area (Å²) in [4.78, 5) is 12.7. The smallest absolute Gasteiger partial charge is 0.282 e. The Morgan fingerprint density at radius 3 is 2.33 bits per heavy atom. The molecule has 0 heterocycles. The minimum Gasteiger partial charge on any atom is -0.334 e. The Morgan fingerprint density at radius 1 is 1.11 bits per heavy atom. The predicted octanol–water partition coefficient (Wildman–Crippen LogP) is 2.09. The molecule has 0 aliphatic heterocycles. The first-order valence-corrected chi connectivity index (χ1v) is 11.4. The second-order valence-corrected chi connectivity index (χ2v) is 9.92. The maximum absolute atomic E-state index is 12.5. The summed E-state index contributed by atoms with van der Waals surface area (Å²) >= 11 is 0. The molecule has 0 unspecified atom stereocenters. The average molecular weight is 397 g/mol. The van der Waals surface area contributed by atoms with Crippen molar-refractivity contribution in [3.05, 3.63) is 24.3 Å². The van der Waals surface area contributed by atoms with Gasteiger partial charge in [0.2, 0.25) is 10.0 Å². The lowest BCUT2D eigenvalue weighted by Crippen LogP contribution is -2.97. The first-order chi connectivity index (χ1) is 12.6. The molecule has 2 rings (SSSR count). The molecule has 4 atom stereocenters. The predicted molar refractivity (Wildman–Crippen MR) is 108 cm³/mol. The number of amides is 1. The molecule has 1 aliphatic rings. The topological polar surface area (TPSA) is 91.9 Å². The van der Waals surface area contributed by atoms with Crippen molar-refractivity contribution < 1.29 is 18.5 Å². The maximum Gasteiger partial charge on any atom is 0.282 e. The van der Waals surface area contributed by atoms with E-state index in [-0.39, 0.29) is 22.9 Å². The van der Waals surface area contributed by atoms with E-state index in [1.54, 1.807) is 26.0 Å². The normalized spacial score (nSPS) is 24.6. The van der Waals surface area contributed by atoms with Crippen LogP contribution in [0.2, 0.25) is 0 Å². The summed E-state index contributed by atoms with van der Waals surface area (Å²) in [5.74, 6) is 1.24. The van der Waals surface area contributed by atoms with Crippen molar-refractivity contribution in [2.24, 2.45) is 11.8 Å². The molecule has 1 aromatic carbocycles. The number of hydrogen-bond acceptors (Lipinski definition) is 3. The molecular formula is C20H34N3O3S+. The van der Waals surface area contributed by atoms with Gasteiger partial charge in [-0.2, -0.15) is 0 Å². The number of carbonyl (C=O) groups excluding carboxylic acids is 1. The fourth-order valence-electron chi connectivity index (χ4n) is 3.70. The van der Waals surface area contributed by atoms with Crippen LogP contribution >= 0.6 is 0 Å². The number of rotatable bonds is 7. The SMILES string of the molecule is CC(C)NS(=O)(=O)c1ccc(NC(=O)[C@H](C)[NH2+][C@@H]2CCC[C@@H](C)[C@H]2C)cc1. The summed E-state index contributed by atoms with van der Waals surface area (Å²) in [5.41, 5.74) is 0.605. The zero-order chi connectivity index (χ0) is 20.2. The van der Waals surface area contributed by atoms with Gasteiger partial charge in [0.1, 0.15) is 0 Å². The summed E-state index contributed by atoms with van der Waals surface area (Å²) in [6, 6.07) is 6.41. The average Bonchev–Trinajstić information content (AvgIpc) is 2.58. The Labute approximate surface area is 163 Å².